The summed E-state index contributed by atoms with van der Waals surface area (Å²) in [5.74, 6) is -1.95. The zero-order valence-electron chi connectivity index (χ0n) is 17.4. The SMILES string of the molecule is CC(=O)OCC(OC(C)=O)C(OC(C)=O)C(OC(C)=O)C(OC(C)=O)C1SCCS1. The highest BCUT2D eigenvalue weighted by molar-refractivity contribution is 8.20. The molecule has 1 rings (SSSR count). The molecule has 0 saturated carbocycles. The lowest BCUT2D eigenvalue weighted by Gasteiger charge is -2.36. The van der Waals surface area contributed by atoms with E-state index in [-0.39, 0.29) is 4.58 Å². The van der Waals surface area contributed by atoms with Crippen molar-refractivity contribution in [1.82, 2.24) is 0 Å². The molecule has 1 saturated heterocycles. The fourth-order valence-electron chi connectivity index (χ4n) is 2.70. The summed E-state index contributed by atoms with van der Waals surface area (Å²) in [4.78, 5) is 58.3. The number of hydrogen-bond acceptors (Lipinski definition) is 12. The zero-order chi connectivity index (χ0) is 22.8. The Morgan fingerprint density at radius 1 is 0.700 bits per heavy atom. The van der Waals surface area contributed by atoms with Crippen LogP contribution in [-0.2, 0) is 47.7 Å². The molecule has 10 nitrogen and oxygen atoms in total. The predicted molar refractivity (Wildman–Crippen MR) is 108 cm³/mol. The molecule has 170 valence electrons. The van der Waals surface area contributed by atoms with E-state index in [4.69, 9.17) is 23.7 Å². The Kier molecular flexibility index (Phi) is 11.0. The van der Waals surface area contributed by atoms with Crippen molar-refractivity contribution in [2.24, 2.45) is 0 Å². The molecule has 0 radical (unpaired) electrons. The molecule has 0 aromatic carbocycles. The number of esters is 5. The van der Waals surface area contributed by atoms with E-state index in [1.807, 2.05) is 0 Å². The van der Waals surface area contributed by atoms with Crippen molar-refractivity contribution in [3.63, 3.8) is 0 Å². The molecule has 30 heavy (non-hydrogen) atoms. The van der Waals surface area contributed by atoms with Crippen LogP contribution >= 0.6 is 23.5 Å². The van der Waals surface area contributed by atoms with Crippen molar-refractivity contribution in [3.8, 4) is 0 Å². The quantitative estimate of drug-likeness (QED) is 0.337. The van der Waals surface area contributed by atoms with E-state index in [1.54, 1.807) is 0 Å². The lowest BCUT2D eigenvalue weighted by molar-refractivity contribution is -0.201. The van der Waals surface area contributed by atoms with Gasteiger partial charge in [0.15, 0.2) is 24.4 Å². The normalized spacial score (nSPS) is 17.8. The summed E-state index contributed by atoms with van der Waals surface area (Å²) in [5.41, 5.74) is 0. The largest absolute Gasteiger partial charge is 0.462 e. The van der Waals surface area contributed by atoms with Gasteiger partial charge in [-0.25, -0.2) is 0 Å². The molecule has 0 aromatic rings. The van der Waals surface area contributed by atoms with E-state index in [2.05, 4.69) is 0 Å². The van der Waals surface area contributed by atoms with Gasteiger partial charge in [-0.2, -0.15) is 0 Å². The van der Waals surface area contributed by atoms with Crippen LogP contribution in [0.15, 0.2) is 0 Å². The van der Waals surface area contributed by atoms with E-state index >= 15 is 0 Å². The first-order valence-corrected chi connectivity index (χ1v) is 11.2. The summed E-state index contributed by atoms with van der Waals surface area (Å²) >= 11 is 2.98. The molecular weight excluding hydrogens is 440 g/mol. The Hall–Kier alpha value is -1.95. The lowest BCUT2D eigenvalue weighted by Crippen LogP contribution is -2.55. The number of rotatable bonds is 10. The zero-order valence-corrected chi connectivity index (χ0v) is 19.0. The lowest BCUT2D eigenvalue weighted by atomic mass is 10.0. The number of carbonyl (C=O) groups excluding carboxylic acids is 5. The number of carbonyl (C=O) groups is 5. The fourth-order valence-corrected chi connectivity index (χ4v) is 5.70. The highest BCUT2D eigenvalue weighted by Crippen LogP contribution is 2.39. The Morgan fingerprint density at radius 3 is 1.60 bits per heavy atom. The van der Waals surface area contributed by atoms with Crippen LogP contribution < -0.4 is 0 Å². The molecule has 0 amide bonds. The molecule has 1 aliphatic rings. The van der Waals surface area contributed by atoms with E-state index in [0.717, 1.165) is 39.2 Å². The molecule has 0 spiro atoms. The van der Waals surface area contributed by atoms with Crippen molar-refractivity contribution in [2.75, 3.05) is 18.1 Å². The summed E-state index contributed by atoms with van der Waals surface area (Å²) in [7, 11) is 0. The number of hydrogen-bond donors (Lipinski definition) is 0. The summed E-state index contributed by atoms with van der Waals surface area (Å²) in [6.07, 6.45) is -5.00. The summed E-state index contributed by atoms with van der Waals surface area (Å²) in [5, 5.41) is 0. The monoisotopic (exact) mass is 466 g/mol. The molecule has 0 bridgehead atoms. The number of thioether (sulfide) groups is 2. The van der Waals surface area contributed by atoms with Crippen LogP contribution in [0.1, 0.15) is 34.6 Å². The average molecular weight is 467 g/mol. The highest BCUT2D eigenvalue weighted by Gasteiger charge is 2.47. The Balaban J connectivity index is 3.38. The second-order valence-electron chi connectivity index (χ2n) is 6.28. The summed E-state index contributed by atoms with van der Waals surface area (Å²) < 4.78 is 26.0. The number of ether oxygens (including phenoxy) is 5. The van der Waals surface area contributed by atoms with E-state index in [1.165, 1.54) is 30.4 Å². The van der Waals surface area contributed by atoms with Gasteiger partial charge in [0, 0.05) is 46.1 Å². The van der Waals surface area contributed by atoms with Gasteiger partial charge in [-0.15, -0.1) is 23.5 Å². The maximum Gasteiger partial charge on any atom is 0.303 e. The van der Waals surface area contributed by atoms with Crippen molar-refractivity contribution in [3.05, 3.63) is 0 Å². The minimum Gasteiger partial charge on any atom is -0.462 e. The first kappa shape index (κ1) is 26.1. The molecule has 12 heteroatoms. The predicted octanol–water partition coefficient (Wildman–Crippen LogP) is 1.08. The van der Waals surface area contributed by atoms with E-state index < -0.39 is 60.9 Å². The van der Waals surface area contributed by atoms with Crippen molar-refractivity contribution >= 4 is 53.4 Å². The fraction of sp³-hybridized carbons (Fsp3) is 0.722. The molecule has 1 fully saturated rings. The van der Waals surface area contributed by atoms with Gasteiger partial charge < -0.3 is 23.7 Å². The summed E-state index contributed by atoms with van der Waals surface area (Å²) in [6, 6.07) is 0. The van der Waals surface area contributed by atoms with Crippen molar-refractivity contribution < 1.29 is 47.7 Å². The third-order valence-corrected chi connectivity index (χ3v) is 6.75. The van der Waals surface area contributed by atoms with Gasteiger partial charge in [-0.1, -0.05) is 0 Å². The van der Waals surface area contributed by atoms with E-state index in [9.17, 15) is 24.0 Å². The highest BCUT2D eigenvalue weighted by atomic mass is 32.2. The van der Waals surface area contributed by atoms with Gasteiger partial charge in [0.25, 0.3) is 0 Å². The molecule has 4 unspecified atom stereocenters. The maximum atomic E-state index is 11.9. The molecule has 0 N–H and O–H groups in total. The van der Waals surface area contributed by atoms with Crippen LogP contribution in [0.3, 0.4) is 0 Å². The van der Waals surface area contributed by atoms with Crippen LogP contribution in [0.5, 0.6) is 0 Å². The van der Waals surface area contributed by atoms with Crippen LogP contribution in [0.2, 0.25) is 0 Å². The third-order valence-electron chi connectivity index (χ3n) is 3.60. The molecule has 0 aliphatic carbocycles. The van der Waals surface area contributed by atoms with Crippen molar-refractivity contribution in [1.29, 1.82) is 0 Å². The van der Waals surface area contributed by atoms with Gasteiger partial charge in [0.2, 0.25) is 0 Å². The van der Waals surface area contributed by atoms with Gasteiger partial charge in [0.1, 0.15) is 6.61 Å². The van der Waals surface area contributed by atoms with Gasteiger partial charge in [0.05, 0.1) is 4.58 Å². The first-order valence-electron chi connectivity index (χ1n) is 9.06. The second kappa shape index (κ2) is 12.7. The molecule has 1 heterocycles. The van der Waals surface area contributed by atoms with Gasteiger partial charge in [-0.05, 0) is 0 Å². The van der Waals surface area contributed by atoms with Crippen LogP contribution in [0, 0.1) is 0 Å². The maximum absolute atomic E-state index is 11.9. The standard InChI is InChI=1S/C18H26O10S2/c1-9(19)24-8-14(25-10(2)20)15(26-11(3)21)16(27-12(4)22)17(28-13(5)23)18-29-6-7-30-18/h14-18H,6-8H2,1-5H3. The molecular formula is C18H26O10S2. The Morgan fingerprint density at radius 2 is 1.17 bits per heavy atom. The third kappa shape index (κ3) is 9.24. The van der Waals surface area contributed by atoms with E-state index in [0.29, 0.717) is 0 Å². The second-order valence-corrected chi connectivity index (χ2v) is 9.08. The van der Waals surface area contributed by atoms with Crippen LogP contribution in [-0.4, -0.2) is 77.0 Å². The molecule has 1 aliphatic heterocycles. The summed E-state index contributed by atoms with van der Waals surface area (Å²) in [6.45, 7) is 5.29. The Bertz CT molecular complexity index is 647. The minimum absolute atomic E-state index is 0.317. The van der Waals surface area contributed by atoms with Crippen LogP contribution in [0.25, 0.3) is 0 Å². The first-order chi connectivity index (χ1) is 14.0. The smallest absolute Gasteiger partial charge is 0.303 e. The van der Waals surface area contributed by atoms with Crippen LogP contribution in [0.4, 0.5) is 0 Å². The van der Waals surface area contributed by atoms with Gasteiger partial charge in [-0.3, -0.25) is 24.0 Å². The van der Waals surface area contributed by atoms with Crippen molar-refractivity contribution in [2.45, 2.75) is 63.6 Å². The van der Waals surface area contributed by atoms with Gasteiger partial charge >= 0.3 is 29.8 Å². The topological polar surface area (TPSA) is 132 Å². The average Bonchev–Trinajstić information content (AvgIpc) is 3.13. The molecule has 0 aromatic heterocycles. The minimum atomic E-state index is -1.39. The molecule has 4 atom stereocenters. The Labute approximate surface area is 183 Å².